The average molecular weight is 266 g/mol. The van der Waals surface area contributed by atoms with E-state index >= 15 is 0 Å². The zero-order valence-electron chi connectivity index (χ0n) is 7.62. The van der Waals surface area contributed by atoms with E-state index in [4.69, 9.17) is 0 Å². The van der Waals surface area contributed by atoms with Gasteiger partial charge in [-0.25, -0.2) is 0 Å². The number of benzene rings is 1. The van der Waals surface area contributed by atoms with Gasteiger partial charge in [-0.3, -0.25) is 0 Å². The maximum atomic E-state index is 12.2. The van der Waals surface area contributed by atoms with Crippen molar-refractivity contribution in [2.45, 2.75) is 4.90 Å². The summed E-state index contributed by atoms with van der Waals surface area (Å²) in [4.78, 5) is -0.777. The zero-order valence-corrected chi connectivity index (χ0v) is 11.6. The molecule has 0 atom stereocenters. The Morgan fingerprint density at radius 2 is 1.40 bits per heavy atom. The molecule has 0 N–H and O–H groups in total. The van der Waals surface area contributed by atoms with E-state index in [0.29, 0.717) is 24.3 Å². The molecule has 0 radical (unpaired) electrons. The molecule has 0 bridgehead atoms. The molecule has 1 aromatic carbocycles. The van der Waals surface area contributed by atoms with Gasteiger partial charge in [-0.05, 0) is 12.1 Å². The molecular formula is C6H4BF4KO2S. The Labute approximate surface area is 127 Å². The molecule has 0 aliphatic heterocycles. The molecular weight excluding hydrogens is 262 g/mol. The average Bonchev–Trinajstić information content (AvgIpc) is 2.01. The van der Waals surface area contributed by atoms with Crippen LogP contribution in [0.15, 0.2) is 29.2 Å². The maximum absolute atomic E-state index is 12.2. The van der Waals surface area contributed by atoms with Crippen LogP contribution in [0, 0.1) is 0 Å². The number of hydrogen-bond donors (Lipinski definition) is 0. The minimum atomic E-state index is -5.18. The Balaban J connectivity index is 0.00000196. The summed E-state index contributed by atoms with van der Waals surface area (Å²) in [6.07, 6.45) is 0. The predicted octanol–water partition coefficient (Wildman–Crippen LogP) is -1.60. The van der Waals surface area contributed by atoms with Crippen LogP contribution in [0.3, 0.4) is 0 Å². The van der Waals surface area contributed by atoms with Gasteiger partial charge in [0.2, 0.25) is 0 Å². The summed E-state index contributed by atoms with van der Waals surface area (Å²) in [7, 11) is -4.93. The molecule has 0 spiro atoms. The summed E-state index contributed by atoms with van der Waals surface area (Å²) in [5.74, 6) is 0. The van der Waals surface area contributed by atoms with Crippen LogP contribution in [-0.2, 0) is 10.2 Å². The van der Waals surface area contributed by atoms with Gasteiger partial charge in [-0.1, -0.05) is 12.1 Å². The molecule has 0 saturated carbocycles. The van der Waals surface area contributed by atoms with Crippen LogP contribution in [-0.4, -0.2) is 15.4 Å². The second-order valence-corrected chi connectivity index (χ2v) is 3.93. The van der Waals surface area contributed by atoms with Gasteiger partial charge < -0.3 is 12.9 Å². The maximum Gasteiger partial charge on any atom is 1.00 e. The quantitative estimate of drug-likeness (QED) is 0.367. The van der Waals surface area contributed by atoms with Gasteiger partial charge in [-0.15, -0.1) is 9.35 Å². The van der Waals surface area contributed by atoms with Crippen molar-refractivity contribution >= 4 is 22.7 Å². The third-order valence-electron chi connectivity index (χ3n) is 1.54. The molecule has 0 aliphatic carbocycles. The molecule has 0 aliphatic rings. The SMILES string of the molecule is O=S(=O)(F)c1ccc([B-](F)(F)F)cc1.[K+]. The Morgan fingerprint density at radius 1 is 1.00 bits per heavy atom. The Kier molecular flexibility index (Phi) is 5.49. The van der Waals surface area contributed by atoms with E-state index in [1.54, 1.807) is 0 Å². The summed E-state index contributed by atoms with van der Waals surface area (Å²) in [5, 5.41) is 0. The first-order valence-corrected chi connectivity index (χ1v) is 4.84. The molecule has 0 saturated heterocycles. The van der Waals surface area contributed by atoms with E-state index in [-0.39, 0.29) is 51.4 Å². The Bertz CT molecular complexity index is 427. The van der Waals surface area contributed by atoms with Crippen LogP contribution in [0.2, 0.25) is 0 Å². The van der Waals surface area contributed by atoms with Gasteiger partial charge in [0, 0.05) is 0 Å². The molecule has 0 heterocycles. The van der Waals surface area contributed by atoms with E-state index < -0.39 is 27.6 Å². The van der Waals surface area contributed by atoms with Gasteiger partial charge in [0.15, 0.2) is 0 Å². The van der Waals surface area contributed by atoms with Crippen LogP contribution in [0.4, 0.5) is 16.8 Å². The fourth-order valence-electron chi connectivity index (χ4n) is 0.849. The molecule has 0 fully saturated rings. The van der Waals surface area contributed by atoms with Crippen molar-refractivity contribution in [1.82, 2.24) is 0 Å². The van der Waals surface area contributed by atoms with E-state index in [9.17, 15) is 25.3 Å². The molecule has 0 aromatic heterocycles. The number of rotatable bonds is 2. The fraction of sp³-hybridized carbons (Fsp3) is 0. The van der Waals surface area contributed by atoms with Crippen molar-refractivity contribution in [3.63, 3.8) is 0 Å². The fourth-order valence-corrected chi connectivity index (χ4v) is 1.31. The van der Waals surface area contributed by atoms with Crippen molar-refractivity contribution in [2.24, 2.45) is 0 Å². The third kappa shape index (κ3) is 4.53. The van der Waals surface area contributed by atoms with Crippen LogP contribution in [0.1, 0.15) is 0 Å². The van der Waals surface area contributed by atoms with Gasteiger partial charge in [0.05, 0.1) is 4.90 Å². The van der Waals surface area contributed by atoms with Gasteiger partial charge >= 0.3 is 68.6 Å². The molecule has 0 unspecified atom stereocenters. The molecule has 15 heavy (non-hydrogen) atoms. The summed E-state index contributed by atoms with van der Waals surface area (Å²) < 4.78 is 68.9. The molecule has 78 valence electrons. The molecule has 1 aromatic rings. The number of halogens is 4. The van der Waals surface area contributed by atoms with Crippen molar-refractivity contribution in [3.8, 4) is 0 Å². The minimum absolute atomic E-state index is 0. The third-order valence-corrected chi connectivity index (χ3v) is 2.37. The largest absolute Gasteiger partial charge is 1.00 e. The van der Waals surface area contributed by atoms with Crippen LogP contribution >= 0.6 is 0 Å². The first-order chi connectivity index (χ1) is 6.21. The van der Waals surface area contributed by atoms with Crippen molar-refractivity contribution < 1.29 is 76.6 Å². The summed E-state index contributed by atoms with van der Waals surface area (Å²) in [6, 6.07) is 2.23. The van der Waals surface area contributed by atoms with Crippen LogP contribution < -0.4 is 56.8 Å². The molecule has 2 nitrogen and oxygen atoms in total. The minimum Gasteiger partial charge on any atom is -0.445 e. The predicted molar refractivity (Wildman–Crippen MR) is 43.4 cm³/mol. The normalized spacial score (nSPS) is 12.0. The topological polar surface area (TPSA) is 34.1 Å². The summed E-state index contributed by atoms with van der Waals surface area (Å²) in [5.41, 5.74) is -0.961. The van der Waals surface area contributed by atoms with Crippen LogP contribution in [0.25, 0.3) is 0 Å². The monoisotopic (exact) mass is 266 g/mol. The van der Waals surface area contributed by atoms with Gasteiger partial charge in [0.1, 0.15) is 0 Å². The van der Waals surface area contributed by atoms with E-state index in [2.05, 4.69) is 0 Å². The Morgan fingerprint density at radius 3 is 1.67 bits per heavy atom. The van der Waals surface area contributed by atoms with E-state index in [1.807, 2.05) is 0 Å². The van der Waals surface area contributed by atoms with E-state index in [0.717, 1.165) is 0 Å². The van der Waals surface area contributed by atoms with Crippen molar-refractivity contribution in [2.75, 3.05) is 0 Å². The van der Waals surface area contributed by atoms with Crippen molar-refractivity contribution in [1.29, 1.82) is 0 Å². The van der Waals surface area contributed by atoms with Crippen LogP contribution in [0.5, 0.6) is 0 Å². The first kappa shape index (κ1) is 15.6. The van der Waals surface area contributed by atoms with E-state index in [1.165, 1.54) is 0 Å². The second kappa shape index (κ2) is 5.28. The molecule has 9 heteroatoms. The smallest absolute Gasteiger partial charge is 0.445 e. The first-order valence-electron chi connectivity index (χ1n) is 3.46. The number of hydrogen-bond acceptors (Lipinski definition) is 2. The standard InChI is InChI=1S/C6H4BF4O2S.K/c8-7(9,10)5-1-3-6(4-2-5)14(11,12)13;/h1-4H;/q-1;+1. The summed E-state index contributed by atoms with van der Waals surface area (Å²) in [6.45, 7) is -5.18. The second-order valence-electron chi connectivity index (χ2n) is 2.58. The van der Waals surface area contributed by atoms with Gasteiger partial charge in [0.25, 0.3) is 0 Å². The van der Waals surface area contributed by atoms with Gasteiger partial charge in [-0.2, -0.15) is 8.42 Å². The van der Waals surface area contributed by atoms with Crippen molar-refractivity contribution in [3.05, 3.63) is 24.3 Å². The summed E-state index contributed by atoms with van der Waals surface area (Å²) >= 11 is 0. The molecule has 1 rings (SSSR count). The Hall–Kier alpha value is 0.591. The molecule has 0 amide bonds. The zero-order chi connectivity index (χ0) is 11.0.